The lowest BCUT2D eigenvalue weighted by Gasteiger charge is -2.40. The molecule has 2 aromatic carbocycles. The summed E-state index contributed by atoms with van der Waals surface area (Å²) < 4.78 is 48.9. The van der Waals surface area contributed by atoms with E-state index in [1.807, 2.05) is 6.92 Å². The fourth-order valence-corrected chi connectivity index (χ4v) is 4.53. The van der Waals surface area contributed by atoms with Gasteiger partial charge in [0, 0.05) is 31.5 Å². The van der Waals surface area contributed by atoms with Crippen LogP contribution in [0.5, 0.6) is 0 Å². The molecule has 0 aliphatic carbocycles. The minimum atomic E-state index is -0.843. The second-order valence-corrected chi connectivity index (χ2v) is 8.55. The van der Waals surface area contributed by atoms with Crippen LogP contribution in [0.4, 0.5) is 19.2 Å². The Labute approximate surface area is 199 Å². The highest BCUT2D eigenvalue weighted by Gasteiger charge is 2.35. The van der Waals surface area contributed by atoms with Gasteiger partial charge >= 0.3 is 0 Å². The third-order valence-corrected chi connectivity index (χ3v) is 6.30. The lowest BCUT2D eigenvalue weighted by atomic mass is 9.89. The first-order valence-electron chi connectivity index (χ1n) is 11.3. The van der Waals surface area contributed by atoms with E-state index in [0.29, 0.717) is 17.6 Å². The average Bonchev–Trinajstić information content (AvgIpc) is 3.26. The van der Waals surface area contributed by atoms with Crippen LogP contribution in [-0.2, 0) is 0 Å². The van der Waals surface area contributed by atoms with Gasteiger partial charge < -0.3 is 14.6 Å². The second-order valence-electron chi connectivity index (χ2n) is 8.55. The molecular weight excluding hydrogens is 459 g/mol. The molecule has 0 radical (unpaired) electrons. The number of likely N-dealkylation sites (tertiary alicyclic amines) is 1. The van der Waals surface area contributed by atoms with Crippen LogP contribution in [0, 0.1) is 23.4 Å². The maximum atomic E-state index is 15.0. The number of nitrogens with one attached hydrogen (secondary N) is 1. The van der Waals surface area contributed by atoms with Crippen molar-refractivity contribution >= 4 is 23.0 Å². The number of hydrogen-bond donors (Lipinski definition) is 1. The summed E-state index contributed by atoms with van der Waals surface area (Å²) in [6.45, 7) is 2.63. The van der Waals surface area contributed by atoms with Crippen LogP contribution in [0.1, 0.15) is 30.1 Å². The maximum absolute atomic E-state index is 15.0. The topological polar surface area (TPSA) is 84.2 Å². The van der Waals surface area contributed by atoms with Gasteiger partial charge in [0.2, 0.25) is 0 Å². The van der Waals surface area contributed by atoms with Crippen molar-refractivity contribution in [3.63, 3.8) is 0 Å². The van der Waals surface area contributed by atoms with Gasteiger partial charge in [0.25, 0.3) is 11.9 Å². The Hall–Kier alpha value is -3.95. The summed E-state index contributed by atoms with van der Waals surface area (Å²) in [6.07, 6.45) is 4.39. The molecule has 1 aliphatic heterocycles. The largest absolute Gasteiger partial charge is 0.424 e. The van der Waals surface area contributed by atoms with E-state index in [1.165, 1.54) is 30.6 Å². The number of halogens is 3. The molecule has 1 N–H and O–H groups in total. The number of benzene rings is 2. The van der Waals surface area contributed by atoms with Crippen LogP contribution >= 0.6 is 0 Å². The number of fused-ring (bicyclic) bond motifs is 1. The van der Waals surface area contributed by atoms with Crippen molar-refractivity contribution in [2.45, 2.75) is 25.8 Å². The highest BCUT2D eigenvalue weighted by Crippen LogP contribution is 2.31. The molecule has 35 heavy (non-hydrogen) atoms. The molecule has 1 saturated heterocycles. The Morgan fingerprint density at radius 3 is 2.71 bits per heavy atom. The van der Waals surface area contributed by atoms with E-state index in [0.717, 1.165) is 25.0 Å². The van der Waals surface area contributed by atoms with Gasteiger partial charge in [-0.3, -0.25) is 4.79 Å². The third-order valence-electron chi connectivity index (χ3n) is 6.30. The average molecular weight is 481 g/mol. The molecule has 2 unspecified atom stereocenters. The first kappa shape index (κ1) is 22.8. The van der Waals surface area contributed by atoms with Crippen molar-refractivity contribution < 1.29 is 22.4 Å². The number of piperidine rings is 1. The molecule has 1 fully saturated rings. The molecule has 180 valence electrons. The summed E-state index contributed by atoms with van der Waals surface area (Å²) in [6, 6.07) is 7.32. The van der Waals surface area contributed by atoms with Crippen molar-refractivity contribution in [2.24, 2.45) is 5.92 Å². The number of oxazole rings is 1. The number of aromatic nitrogens is 3. The van der Waals surface area contributed by atoms with Gasteiger partial charge in [-0.15, -0.1) is 0 Å². The minimum Gasteiger partial charge on any atom is -0.424 e. The standard InChI is InChI=1S/C25H22F3N5O2/c1-14-4-2-11-33(19(14)13-31-25-32-18-12-15(26)5-8-20(18)35-25)24(34)22-17(28)7-6-16(27)21(22)23-29-9-3-10-30-23/h3,5-10,12,14,19H,2,4,11,13H2,1H3,(H,31,32). The monoisotopic (exact) mass is 481 g/mol. The Kier molecular flexibility index (Phi) is 6.10. The van der Waals surface area contributed by atoms with Gasteiger partial charge in [0.15, 0.2) is 11.4 Å². The zero-order valence-electron chi connectivity index (χ0n) is 18.8. The number of hydrogen-bond acceptors (Lipinski definition) is 6. The van der Waals surface area contributed by atoms with Gasteiger partial charge in [0.1, 0.15) is 23.0 Å². The zero-order valence-corrected chi connectivity index (χ0v) is 18.8. The molecule has 2 aromatic heterocycles. The molecule has 1 aliphatic rings. The molecule has 1 amide bonds. The second kappa shape index (κ2) is 9.36. The van der Waals surface area contributed by atoms with E-state index in [-0.39, 0.29) is 35.9 Å². The van der Waals surface area contributed by atoms with E-state index in [4.69, 9.17) is 4.42 Å². The van der Waals surface area contributed by atoms with Gasteiger partial charge in [-0.2, -0.15) is 4.98 Å². The van der Waals surface area contributed by atoms with Crippen molar-refractivity contribution in [2.75, 3.05) is 18.4 Å². The number of nitrogens with zero attached hydrogens (tertiary/aromatic N) is 4. The lowest BCUT2D eigenvalue weighted by molar-refractivity contribution is 0.0535. The summed E-state index contributed by atoms with van der Waals surface area (Å²) in [5.41, 5.74) is 0.133. The first-order chi connectivity index (χ1) is 16.9. The molecule has 2 atom stereocenters. The van der Waals surface area contributed by atoms with E-state index in [2.05, 4.69) is 20.3 Å². The van der Waals surface area contributed by atoms with Crippen molar-refractivity contribution in [1.82, 2.24) is 19.9 Å². The molecule has 0 bridgehead atoms. The van der Waals surface area contributed by atoms with Gasteiger partial charge in [-0.25, -0.2) is 23.1 Å². The summed E-state index contributed by atoms with van der Waals surface area (Å²) in [5, 5.41) is 3.08. The number of rotatable bonds is 5. The smallest absolute Gasteiger partial charge is 0.295 e. The van der Waals surface area contributed by atoms with E-state index in [1.54, 1.807) is 11.0 Å². The number of anilines is 1. The predicted molar refractivity (Wildman–Crippen MR) is 123 cm³/mol. The van der Waals surface area contributed by atoms with E-state index < -0.39 is 28.9 Å². The lowest BCUT2D eigenvalue weighted by Crippen LogP contribution is -2.51. The van der Waals surface area contributed by atoms with Gasteiger partial charge in [-0.05, 0) is 49.1 Å². The van der Waals surface area contributed by atoms with Crippen molar-refractivity contribution in [3.8, 4) is 11.4 Å². The van der Waals surface area contributed by atoms with Crippen LogP contribution < -0.4 is 5.32 Å². The Morgan fingerprint density at radius 2 is 1.91 bits per heavy atom. The van der Waals surface area contributed by atoms with Gasteiger partial charge in [-0.1, -0.05) is 6.92 Å². The fourth-order valence-electron chi connectivity index (χ4n) is 4.53. The highest BCUT2D eigenvalue weighted by atomic mass is 19.1. The highest BCUT2D eigenvalue weighted by molar-refractivity contribution is 6.00. The Morgan fingerprint density at radius 1 is 1.14 bits per heavy atom. The maximum Gasteiger partial charge on any atom is 0.295 e. The molecule has 4 aromatic rings. The summed E-state index contributed by atoms with van der Waals surface area (Å²) in [5.74, 6) is -2.68. The molecule has 0 saturated carbocycles. The number of carbonyl (C=O) groups excluding carboxylic acids is 1. The first-order valence-corrected chi connectivity index (χ1v) is 11.3. The van der Waals surface area contributed by atoms with Crippen LogP contribution in [0.3, 0.4) is 0 Å². The van der Waals surface area contributed by atoms with Crippen molar-refractivity contribution in [1.29, 1.82) is 0 Å². The predicted octanol–water partition coefficient (Wildman–Crippen LogP) is 5.05. The fraction of sp³-hybridized carbons (Fsp3) is 0.280. The zero-order chi connectivity index (χ0) is 24.5. The van der Waals surface area contributed by atoms with Gasteiger partial charge in [0.05, 0.1) is 17.2 Å². The molecule has 10 heteroatoms. The molecule has 5 rings (SSSR count). The van der Waals surface area contributed by atoms with Crippen LogP contribution in [0.2, 0.25) is 0 Å². The summed E-state index contributed by atoms with van der Waals surface area (Å²) in [7, 11) is 0. The van der Waals surface area contributed by atoms with Crippen LogP contribution in [0.25, 0.3) is 22.5 Å². The van der Waals surface area contributed by atoms with Crippen LogP contribution in [-0.4, -0.2) is 44.9 Å². The number of amides is 1. The Balaban J connectivity index is 1.45. The molecule has 0 spiro atoms. The third kappa shape index (κ3) is 4.43. The normalized spacial score (nSPS) is 18.1. The van der Waals surface area contributed by atoms with E-state index in [9.17, 15) is 13.6 Å². The van der Waals surface area contributed by atoms with Crippen molar-refractivity contribution in [3.05, 3.63) is 71.8 Å². The van der Waals surface area contributed by atoms with Crippen LogP contribution in [0.15, 0.2) is 53.2 Å². The summed E-state index contributed by atoms with van der Waals surface area (Å²) in [4.78, 5) is 27.5. The van der Waals surface area contributed by atoms with E-state index >= 15 is 4.39 Å². The quantitative estimate of drug-likeness (QED) is 0.429. The molecular formula is C25H22F3N5O2. The number of carbonyl (C=O) groups is 1. The Bertz CT molecular complexity index is 1380. The molecule has 3 heterocycles. The molecule has 7 nitrogen and oxygen atoms in total. The minimum absolute atomic E-state index is 0.0636. The SMILES string of the molecule is CC1CCCN(C(=O)c2c(F)ccc(F)c2-c2ncccn2)C1CNc1nc2cc(F)ccc2o1. The summed E-state index contributed by atoms with van der Waals surface area (Å²) >= 11 is 0.